The largest absolute Gasteiger partial charge is 0.490 e. The van der Waals surface area contributed by atoms with E-state index in [0.717, 1.165) is 5.56 Å². The first-order chi connectivity index (χ1) is 12.0. The van der Waals surface area contributed by atoms with Gasteiger partial charge in [0.15, 0.2) is 18.1 Å². The molecule has 0 aromatic heterocycles. The first-order valence-corrected chi connectivity index (χ1v) is 8.33. The van der Waals surface area contributed by atoms with Crippen LogP contribution in [-0.4, -0.2) is 19.1 Å². The Hall–Kier alpha value is -2.59. The summed E-state index contributed by atoms with van der Waals surface area (Å²) < 4.78 is 24.4. The Morgan fingerprint density at radius 1 is 1.28 bits per heavy atom. The van der Waals surface area contributed by atoms with E-state index in [1.165, 1.54) is 12.1 Å². The molecule has 0 atom stereocenters. The lowest BCUT2D eigenvalue weighted by Gasteiger charge is -2.14. The Kier molecular flexibility index (Phi) is 6.78. The summed E-state index contributed by atoms with van der Waals surface area (Å²) >= 11 is 3.32. The number of nitriles is 1. The van der Waals surface area contributed by atoms with Gasteiger partial charge in [-0.05, 0) is 46.6 Å². The van der Waals surface area contributed by atoms with Gasteiger partial charge in [-0.2, -0.15) is 5.26 Å². The van der Waals surface area contributed by atoms with E-state index in [4.69, 9.17) is 14.7 Å². The number of carbonyl (C=O) groups excluding carboxylic acids is 1. The van der Waals surface area contributed by atoms with E-state index in [9.17, 15) is 9.18 Å². The Labute approximate surface area is 153 Å². The molecule has 25 heavy (non-hydrogen) atoms. The maximum absolute atomic E-state index is 12.8. The molecule has 0 spiro atoms. The van der Waals surface area contributed by atoms with Crippen LogP contribution < -0.4 is 14.8 Å². The van der Waals surface area contributed by atoms with Crippen LogP contribution in [0.2, 0.25) is 0 Å². The van der Waals surface area contributed by atoms with Gasteiger partial charge in [0.1, 0.15) is 5.82 Å². The Morgan fingerprint density at radius 3 is 2.64 bits per heavy atom. The maximum Gasteiger partial charge on any atom is 0.258 e. The lowest BCUT2D eigenvalue weighted by Crippen LogP contribution is -2.28. The number of rotatable bonds is 7. The summed E-state index contributed by atoms with van der Waals surface area (Å²) in [5, 5.41) is 11.7. The van der Waals surface area contributed by atoms with Crippen molar-refractivity contribution in [2.24, 2.45) is 0 Å². The standard InChI is InChI=1S/C18H16BrFN2O3/c1-2-24-16-8-13(9-21)7-15(19)18(16)25-11-17(23)22-10-12-3-5-14(20)6-4-12/h3-8H,2,10-11H2,1H3,(H,22,23). The minimum Gasteiger partial charge on any atom is -0.490 e. The van der Waals surface area contributed by atoms with Crippen molar-refractivity contribution in [2.75, 3.05) is 13.2 Å². The molecule has 0 aliphatic rings. The first-order valence-electron chi connectivity index (χ1n) is 7.54. The number of amides is 1. The van der Waals surface area contributed by atoms with Crippen LogP contribution in [-0.2, 0) is 11.3 Å². The van der Waals surface area contributed by atoms with Crippen LogP contribution in [0.1, 0.15) is 18.1 Å². The molecule has 0 heterocycles. The van der Waals surface area contributed by atoms with Crippen molar-refractivity contribution in [3.8, 4) is 17.6 Å². The van der Waals surface area contributed by atoms with Gasteiger partial charge in [0, 0.05) is 12.6 Å². The molecule has 1 amide bonds. The molecular formula is C18H16BrFN2O3. The lowest BCUT2D eigenvalue weighted by molar-refractivity contribution is -0.123. The van der Waals surface area contributed by atoms with Gasteiger partial charge < -0.3 is 14.8 Å². The average Bonchev–Trinajstić information content (AvgIpc) is 2.60. The third-order valence-corrected chi connectivity index (χ3v) is 3.78. The number of carbonyl (C=O) groups is 1. The first kappa shape index (κ1) is 18.7. The van der Waals surface area contributed by atoms with Gasteiger partial charge in [-0.1, -0.05) is 12.1 Å². The van der Waals surface area contributed by atoms with Crippen LogP contribution in [0.4, 0.5) is 4.39 Å². The SMILES string of the molecule is CCOc1cc(C#N)cc(Br)c1OCC(=O)NCc1ccc(F)cc1. The molecule has 0 fully saturated rings. The zero-order valence-corrected chi connectivity index (χ0v) is 15.1. The minimum absolute atomic E-state index is 0.216. The van der Waals surface area contributed by atoms with Crippen LogP contribution in [0.3, 0.4) is 0 Å². The quantitative estimate of drug-likeness (QED) is 0.762. The molecule has 1 N–H and O–H groups in total. The highest BCUT2D eigenvalue weighted by Crippen LogP contribution is 2.36. The number of hydrogen-bond donors (Lipinski definition) is 1. The normalized spacial score (nSPS) is 10.0. The van der Waals surface area contributed by atoms with E-state index in [-0.39, 0.29) is 24.9 Å². The topological polar surface area (TPSA) is 71.3 Å². The van der Waals surface area contributed by atoms with E-state index in [0.29, 0.717) is 28.1 Å². The van der Waals surface area contributed by atoms with Gasteiger partial charge in [-0.3, -0.25) is 4.79 Å². The second-order valence-electron chi connectivity index (χ2n) is 5.02. The second kappa shape index (κ2) is 9.04. The molecule has 0 saturated heterocycles. The molecule has 0 unspecified atom stereocenters. The average molecular weight is 407 g/mol. The number of nitrogens with one attached hydrogen (secondary N) is 1. The number of ether oxygens (including phenoxy) is 2. The van der Waals surface area contributed by atoms with Crippen LogP contribution in [0.5, 0.6) is 11.5 Å². The molecular weight excluding hydrogens is 391 g/mol. The summed E-state index contributed by atoms with van der Waals surface area (Å²) in [6.45, 7) is 2.27. The van der Waals surface area contributed by atoms with Crippen molar-refractivity contribution in [2.45, 2.75) is 13.5 Å². The highest BCUT2D eigenvalue weighted by molar-refractivity contribution is 9.10. The van der Waals surface area contributed by atoms with Crippen LogP contribution in [0.25, 0.3) is 0 Å². The molecule has 5 nitrogen and oxygen atoms in total. The van der Waals surface area contributed by atoms with E-state index < -0.39 is 0 Å². The fraction of sp³-hybridized carbons (Fsp3) is 0.222. The van der Waals surface area contributed by atoms with E-state index in [2.05, 4.69) is 21.2 Å². The molecule has 0 aliphatic carbocycles. The molecule has 0 saturated carbocycles. The molecule has 0 aliphatic heterocycles. The summed E-state index contributed by atoms with van der Waals surface area (Å²) in [6.07, 6.45) is 0. The van der Waals surface area contributed by atoms with Gasteiger partial charge in [0.05, 0.1) is 22.7 Å². The molecule has 0 bridgehead atoms. The highest BCUT2D eigenvalue weighted by Gasteiger charge is 2.14. The van der Waals surface area contributed by atoms with Crippen molar-refractivity contribution in [3.63, 3.8) is 0 Å². The van der Waals surface area contributed by atoms with Gasteiger partial charge in [-0.25, -0.2) is 4.39 Å². The molecule has 2 aromatic carbocycles. The third kappa shape index (κ3) is 5.47. The molecule has 7 heteroatoms. The van der Waals surface area contributed by atoms with Gasteiger partial charge >= 0.3 is 0 Å². The van der Waals surface area contributed by atoms with Crippen LogP contribution in [0, 0.1) is 17.1 Å². The number of halogens is 2. The zero-order valence-electron chi connectivity index (χ0n) is 13.5. The Morgan fingerprint density at radius 2 is 2.00 bits per heavy atom. The van der Waals surface area contributed by atoms with E-state index in [1.54, 1.807) is 24.3 Å². The van der Waals surface area contributed by atoms with Crippen molar-refractivity contribution < 1.29 is 18.7 Å². The van der Waals surface area contributed by atoms with Gasteiger partial charge in [0.25, 0.3) is 5.91 Å². The Bertz CT molecular complexity index is 788. The van der Waals surface area contributed by atoms with Crippen molar-refractivity contribution in [3.05, 3.63) is 57.8 Å². The molecule has 2 aromatic rings. The highest BCUT2D eigenvalue weighted by atomic mass is 79.9. The minimum atomic E-state index is -0.331. The van der Waals surface area contributed by atoms with E-state index >= 15 is 0 Å². The van der Waals surface area contributed by atoms with Crippen molar-refractivity contribution in [1.29, 1.82) is 5.26 Å². The van der Waals surface area contributed by atoms with Crippen molar-refractivity contribution in [1.82, 2.24) is 5.32 Å². The monoisotopic (exact) mass is 406 g/mol. The summed E-state index contributed by atoms with van der Waals surface area (Å²) in [5.74, 6) is 0.0908. The lowest BCUT2D eigenvalue weighted by atomic mass is 10.2. The van der Waals surface area contributed by atoms with Crippen LogP contribution >= 0.6 is 15.9 Å². The number of nitrogens with zero attached hydrogens (tertiary/aromatic N) is 1. The molecule has 130 valence electrons. The van der Waals surface area contributed by atoms with Gasteiger partial charge in [0.2, 0.25) is 0 Å². The van der Waals surface area contributed by atoms with Crippen molar-refractivity contribution >= 4 is 21.8 Å². The van der Waals surface area contributed by atoms with E-state index in [1.807, 2.05) is 13.0 Å². The predicted octanol–water partition coefficient (Wildman–Crippen LogP) is 3.55. The second-order valence-corrected chi connectivity index (χ2v) is 5.88. The number of benzene rings is 2. The zero-order chi connectivity index (χ0) is 18.2. The molecule has 0 radical (unpaired) electrons. The third-order valence-electron chi connectivity index (χ3n) is 3.19. The fourth-order valence-electron chi connectivity index (χ4n) is 2.03. The predicted molar refractivity (Wildman–Crippen MR) is 93.8 cm³/mol. The summed E-state index contributed by atoms with van der Waals surface area (Å²) in [5.41, 5.74) is 1.20. The van der Waals surface area contributed by atoms with Gasteiger partial charge in [-0.15, -0.1) is 0 Å². The maximum atomic E-state index is 12.8. The summed E-state index contributed by atoms with van der Waals surface area (Å²) in [4.78, 5) is 11.9. The summed E-state index contributed by atoms with van der Waals surface area (Å²) in [6, 6.07) is 11.0. The number of hydrogen-bond acceptors (Lipinski definition) is 4. The Balaban J connectivity index is 1.96. The smallest absolute Gasteiger partial charge is 0.258 e. The molecule has 2 rings (SSSR count). The fourth-order valence-corrected chi connectivity index (χ4v) is 2.58. The van der Waals surface area contributed by atoms with Crippen LogP contribution in [0.15, 0.2) is 40.9 Å². The summed E-state index contributed by atoms with van der Waals surface area (Å²) in [7, 11) is 0.